The summed E-state index contributed by atoms with van der Waals surface area (Å²) >= 11 is 0. The number of hydrogen-bond donors (Lipinski definition) is 3. The number of fused-ring (bicyclic) bond motifs is 1. The summed E-state index contributed by atoms with van der Waals surface area (Å²) in [5.41, 5.74) is 0.0980. The fourth-order valence-corrected chi connectivity index (χ4v) is 2.96. The first kappa shape index (κ1) is 18.9. The highest BCUT2D eigenvalue weighted by molar-refractivity contribution is 5.84. The van der Waals surface area contributed by atoms with Gasteiger partial charge < -0.3 is 25.0 Å². The summed E-state index contributed by atoms with van der Waals surface area (Å²) in [6.45, 7) is 5.31. The average Bonchev–Trinajstić information content (AvgIpc) is 2.51. The third kappa shape index (κ3) is 4.35. The van der Waals surface area contributed by atoms with Crippen molar-refractivity contribution >= 4 is 11.9 Å². The molecule has 25 heavy (non-hydrogen) atoms. The van der Waals surface area contributed by atoms with Crippen molar-refractivity contribution in [1.29, 1.82) is 0 Å². The number of rotatable bonds is 6. The van der Waals surface area contributed by atoms with Gasteiger partial charge in [-0.1, -0.05) is 13.8 Å². The SMILES string of the molecule is COc1cc2c(cc1O)CCC(C)(CC(=O)N[C@H](C(=O)O)C(C)C)O2. The van der Waals surface area contributed by atoms with E-state index >= 15 is 0 Å². The van der Waals surface area contributed by atoms with Crippen LogP contribution >= 0.6 is 0 Å². The smallest absolute Gasteiger partial charge is 0.326 e. The van der Waals surface area contributed by atoms with E-state index < -0.39 is 17.6 Å². The second-order valence-corrected chi connectivity index (χ2v) is 6.99. The lowest BCUT2D eigenvalue weighted by atomic mass is 9.89. The van der Waals surface area contributed by atoms with Gasteiger partial charge in [-0.15, -0.1) is 0 Å². The summed E-state index contributed by atoms with van der Waals surface area (Å²) in [6.07, 6.45) is 1.27. The lowest BCUT2D eigenvalue weighted by Crippen LogP contribution is -2.48. The van der Waals surface area contributed by atoms with Crippen LogP contribution in [0.1, 0.15) is 39.2 Å². The molecule has 0 saturated carbocycles. The van der Waals surface area contributed by atoms with Crippen molar-refractivity contribution in [3.05, 3.63) is 17.7 Å². The van der Waals surface area contributed by atoms with Gasteiger partial charge in [-0.25, -0.2) is 4.79 Å². The van der Waals surface area contributed by atoms with Gasteiger partial charge in [0.25, 0.3) is 0 Å². The van der Waals surface area contributed by atoms with Gasteiger partial charge in [0.05, 0.1) is 13.5 Å². The number of phenols is 1. The number of phenolic OH excluding ortho intramolecular Hbond substituents is 1. The molecule has 0 spiro atoms. The van der Waals surface area contributed by atoms with E-state index in [-0.39, 0.29) is 24.0 Å². The summed E-state index contributed by atoms with van der Waals surface area (Å²) < 4.78 is 11.1. The van der Waals surface area contributed by atoms with Gasteiger partial charge in [0.1, 0.15) is 17.4 Å². The van der Waals surface area contributed by atoms with Crippen LogP contribution in [0.4, 0.5) is 0 Å². The lowest BCUT2D eigenvalue weighted by molar-refractivity contribution is -0.143. The molecule has 2 rings (SSSR count). The van der Waals surface area contributed by atoms with Crippen molar-refractivity contribution in [2.24, 2.45) is 5.92 Å². The van der Waals surface area contributed by atoms with Gasteiger partial charge in [0.15, 0.2) is 11.5 Å². The number of aryl methyl sites for hydroxylation is 1. The Morgan fingerprint density at radius 3 is 2.64 bits per heavy atom. The molecule has 1 aliphatic rings. The van der Waals surface area contributed by atoms with E-state index in [0.717, 1.165) is 5.56 Å². The number of benzene rings is 1. The van der Waals surface area contributed by atoms with Gasteiger partial charge in [0, 0.05) is 6.07 Å². The fraction of sp³-hybridized carbons (Fsp3) is 0.556. The first-order valence-electron chi connectivity index (χ1n) is 8.26. The van der Waals surface area contributed by atoms with E-state index in [4.69, 9.17) is 9.47 Å². The third-order valence-electron chi connectivity index (χ3n) is 4.43. The van der Waals surface area contributed by atoms with E-state index in [2.05, 4.69) is 5.32 Å². The minimum Gasteiger partial charge on any atom is -0.504 e. The van der Waals surface area contributed by atoms with Crippen LogP contribution in [0.25, 0.3) is 0 Å². The molecule has 0 fully saturated rings. The van der Waals surface area contributed by atoms with Crippen LogP contribution in [0.3, 0.4) is 0 Å². The van der Waals surface area contributed by atoms with Crippen LogP contribution in [0.15, 0.2) is 12.1 Å². The van der Waals surface area contributed by atoms with Gasteiger partial charge in [-0.2, -0.15) is 0 Å². The van der Waals surface area contributed by atoms with Crippen LogP contribution < -0.4 is 14.8 Å². The Balaban J connectivity index is 2.10. The van der Waals surface area contributed by atoms with Crippen molar-refractivity contribution in [3.8, 4) is 17.2 Å². The predicted octanol–water partition coefficient (Wildman–Crippen LogP) is 2.10. The number of carboxylic acid groups (broad SMARTS) is 1. The van der Waals surface area contributed by atoms with E-state index in [1.54, 1.807) is 26.0 Å². The normalized spacial score (nSPS) is 20.4. The van der Waals surface area contributed by atoms with E-state index in [1.807, 2.05) is 6.92 Å². The predicted molar refractivity (Wildman–Crippen MR) is 91.0 cm³/mol. The molecule has 7 heteroatoms. The first-order valence-corrected chi connectivity index (χ1v) is 8.26. The van der Waals surface area contributed by atoms with Crippen molar-refractivity contribution in [1.82, 2.24) is 5.32 Å². The van der Waals surface area contributed by atoms with Gasteiger partial charge in [-0.05, 0) is 37.3 Å². The van der Waals surface area contributed by atoms with Crippen LogP contribution in [-0.4, -0.2) is 40.8 Å². The molecule has 0 bridgehead atoms. The summed E-state index contributed by atoms with van der Waals surface area (Å²) in [5.74, 6) is -0.712. The Kier molecular flexibility index (Phi) is 5.45. The Morgan fingerprint density at radius 1 is 1.40 bits per heavy atom. The molecular formula is C18H25NO6. The topological polar surface area (TPSA) is 105 Å². The first-order chi connectivity index (χ1) is 11.6. The van der Waals surface area contributed by atoms with Gasteiger partial charge in [-0.3, -0.25) is 4.79 Å². The number of carbonyl (C=O) groups excluding carboxylic acids is 1. The highest BCUT2D eigenvalue weighted by atomic mass is 16.5. The maximum Gasteiger partial charge on any atom is 0.326 e. The zero-order valence-electron chi connectivity index (χ0n) is 15.0. The molecule has 1 aromatic rings. The van der Waals surface area contributed by atoms with Crippen molar-refractivity contribution in [2.75, 3.05) is 7.11 Å². The molecule has 7 nitrogen and oxygen atoms in total. The number of carboxylic acids is 1. The van der Waals surface area contributed by atoms with E-state index in [0.29, 0.717) is 24.3 Å². The fourth-order valence-electron chi connectivity index (χ4n) is 2.96. The summed E-state index contributed by atoms with van der Waals surface area (Å²) in [7, 11) is 1.45. The molecule has 1 amide bonds. The maximum atomic E-state index is 12.3. The van der Waals surface area contributed by atoms with Crippen molar-refractivity contribution in [3.63, 3.8) is 0 Å². The largest absolute Gasteiger partial charge is 0.504 e. The number of methoxy groups -OCH3 is 1. The van der Waals surface area contributed by atoms with Crippen molar-refractivity contribution < 1.29 is 29.3 Å². The minimum absolute atomic E-state index is 0.0477. The van der Waals surface area contributed by atoms with Gasteiger partial charge in [0.2, 0.25) is 5.91 Å². The third-order valence-corrected chi connectivity index (χ3v) is 4.43. The highest BCUT2D eigenvalue weighted by Gasteiger charge is 2.36. The molecule has 1 aliphatic heterocycles. The van der Waals surface area contributed by atoms with Crippen LogP contribution in [0.2, 0.25) is 0 Å². The molecule has 3 N–H and O–H groups in total. The Morgan fingerprint density at radius 2 is 2.08 bits per heavy atom. The molecule has 0 aliphatic carbocycles. The molecule has 1 heterocycles. The molecule has 138 valence electrons. The van der Waals surface area contributed by atoms with E-state index in [1.165, 1.54) is 7.11 Å². The standard InChI is InChI=1S/C18H25NO6/c1-10(2)16(17(22)23)19-15(21)9-18(3)6-5-11-7-12(20)14(24-4)8-13(11)25-18/h7-8,10,16,20H,5-6,9H2,1-4H3,(H,19,21)(H,22,23)/t16-,18?/m0/s1. The van der Waals surface area contributed by atoms with Crippen LogP contribution in [0, 0.1) is 5.92 Å². The number of carbonyl (C=O) groups is 2. The molecule has 1 aromatic carbocycles. The number of nitrogens with one attached hydrogen (secondary N) is 1. The maximum absolute atomic E-state index is 12.3. The van der Waals surface area contributed by atoms with E-state index in [9.17, 15) is 19.8 Å². The Bertz CT molecular complexity index is 672. The molecule has 1 unspecified atom stereocenters. The number of amides is 1. The zero-order valence-corrected chi connectivity index (χ0v) is 15.0. The number of hydrogen-bond acceptors (Lipinski definition) is 5. The lowest BCUT2D eigenvalue weighted by Gasteiger charge is -2.36. The highest BCUT2D eigenvalue weighted by Crippen LogP contribution is 2.41. The zero-order chi connectivity index (χ0) is 18.8. The average molecular weight is 351 g/mol. The number of ether oxygens (including phenoxy) is 2. The molecule has 0 saturated heterocycles. The summed E-state index contributed by atoms with van der Waals surface area (Å²) in [4.78, 5) is 23.5. The second kappa shape index (κ2) is 7.21. The summed E-state index contributed by atoms with van der Waals surface area (Å²) in [5, 5.41) is 21.6. The summed E-state index contributed by atoms with van der Waals surface area (Å²) in [6, 6.07) is 2.28. The molecule has 0 aromatic heterocycles. The Labute approximate surface area is 146 Å². The number of aliphatic carboxylic acids is 1. The number of aromatic hydroxyl groups is 1. The van der Waals surface area contributed by atoms with Gasteiger partial charge >= 0.3 is 5.97 Å². The minimum atomic E-state index is -1.05. The molecule has 2 atom stereocenters. The Hall–Kier alpha value is -2.44. The van der Waals surface area contributed by atoms with Crippen LogP contribution in [-0.2, 0) is 16.0 Å². The monoisotopic (exact) mass is 351 g/mol. The quantitative estimate of drug-likeness (QED) is 0.725. The molecular weight excluding hydrogens is 326 g/mol. The second-order valence-electron chi connectivity index (χ2n) is 6.99. The molecule has 0 radical (unpaired) electrons. The van der Waals surface area contributed by atoms with Crippen LogP contribution in [0.5, 0.6) is 17.2 Å². The van der Waals surface area contributed by atoms with Crippen molar-refractivity contribution in [2.45, 2.75) is 51.7 Å².